The van der Waals surface area contributed by atoms with Gasteiger partial charge in [-0.1, -0.05) is 26.0 Å². The molecular formula is C25H33N3O4. The number of esters is 1. The number of methoxy groups -OCH3 is 1. The van der Waals surface area contributed by atoms with Crippen LogP contribution in [0.25, 0.3) is 0 Å². The lowest BCUT2D eigenvalue weighted by molar-refractivity contribution is -0.118. The largest absolute Gasteiger partial charge is 0.484 e. The Morgan fingerprint density at radius 2 is 1.75 bits per heavy atom. The number of carbonyl (C=O) groups excluding carboxylic acids is 2. The van der Waals surface area contributed by atoms with E-state index < -0.39 is 5.97 Å². The second kappa shape index (κ2) is 11.0. The van der Waals surface area contributed by atoms with E-state index in [4.69, 9.17) is 9.47 Å². The van der Waals surface area contributed by atoms with Crippen molar-refractivity contribution in [2.24, 2.45) is 0 Å². The van der Waals surface area contributed by atoms with Gasteiger partial charge < -0.3 is 24.6 Å². The molecule has 1 heterocycles. The molecule has 1 aliphatic rings. The zero-order valence-electron chi connectivity index (χ0n) is 19.4. The standard InChI is InChI=1S/C25H33N3O4/c1-5-18(2)19-6-9-21(10-7-19)32-17-24(29)26-22-16-20(25(30)31-4)8-11-23(22)28-14-12-27(3)13-15-28/h6-11,16,18H,5,12-15,17H2,1-4H3,(H,26,29). The van der Waals surface area contributed by atoms with E-state index in [0.29, 0.717) is 22.9 Å². The van der Waals surface area contributed by atoms with Crippen molar-refractivity contribution < 1.29 is 19.1 Å². The second-order valence-corrected chi connectivity index (χ2v) is 8.23. The number of amides is 1. The Hall–Kier alpha value is -3.06. The predicted octanol–water partition coefficient (Wildman–Crippen LogP) is 3.76. The lowest BCUT2D eigenvalue weighted by Crippen LogP contribution is -2.44. The molecule has 0 bridgehead atoms. The first-order valence-electron chi connectivity index (χ1n) is 11.1. The molecule has 0 spiro atoms. The van der Waals surface area contributed by atoms with Crippen LogP contribution in [0, 0.1) is 0 Å². The lowest BCUT2D eigenvalue weighted by Gasteiger charge is -2.35. The maximum Gasteiger partial charge on any atom is 0.337 e. The van der Waals surface area contributed by atoms with Crippen molar-refractivity contribution in [1.29, 1.82) is 0 Å². The van der Waals surface area contributed by atoms with Crippen LogP contribution in [0.3, 0.4) is 0 Å². The van der Waals surface area contributed by atoms with Crippen LogP contribution >= 0.6 is 0 Å². The van der Waals surface area contributed by atoms with Crippen LogP contribution < -0.4 is 15.0 Å². The summed E-state index contributed by atoms with van der Waals surface area (Å²) < 4.78 is 10.5. The normalized spacial score (nSPS) is 15.2. The van der Waals surface area contributed by atoms with Crippen molar-refractivity contribution in [2.75, 3.05) is 57.2 Å². The third-order valence-corrected chi connectivity index (χ3v) is 5.97. The maximum absolute atomic E-state index is 12.7. The average molecular weight is 440 g/mol. The van der Waals surface area contributed by atoms with Crippen LogP contribution in [0.1, 0.15) is 42.1 Å². The van der Waals surface area contributed by atoms with Crippen molar-refractivity contribution in [3.63, 3.8) is 0 Å². The summed E-state index contributed by atoms with van der Waals surface area (Å²) >= 11 is 0. The first-order valence-corrected chi connectivity index (χ1v) is 11.1. The molecule has 32 heavy (non-hydrogen) atoms. The first kappa shape index (κ1) is 23.6. The summed E-state index contributed by atoms with van der Waals surface area (Å²) in [7, 11) is 3.43. The van der Waals surface area contributed by atoms with E-state index in [1.165, 1.54) is 12.7 Å². The molecule has 1 saturated heterocycles. The molecule has 1 aliphatic heterocycles. The van der Waals surface area contributed by atoms with Gasteiger partial charge in [-0.05, 0) is 55.3 Å². The minimum Gasteiger partial charge on any atom is -0.484 e. The fourth-order valence-corrected chi connectivity index (χ4v) is 3.67. The molecule has 172 valence electrons. The van der Waals surface area contributed by atoms with Crippen LogP contribution in [-0.4, -0.2) is 63.7 Å². The van der Waals surface area contributed by atoms with Crippen LogP contribution in [0.2, 0.25) is 0 Å². The van der Waals surface area contributed by atoms with Crippen molar-refractivity contribution in [2.45, 2.75) is 26.2 Å². The van der Waals surface area contributed by atoms with E-state index in [-0.39, 0.29) is 12.5 Å². The molecule has 3 rings (SSSR count). The fourth-order valence-electron chi connectivity index (χ4n) is 3.67. The molecule has 0 aromatic heterocycles. The maximum atomic E-state index is 12.7. The highest BCUT2D eigenvalue weighted by Crippen LogP contribution is 2.29. The number of ether oxygens (including phenoxy) is 2. The molecule has 7 heteroatoms. The van der Waals surface area contributed by atoms with Gasteiger partial charge in [0.15, 0.2) is 6.61 Å². The van der Waals surface area contributed by atoms with Crippen LogP contribution in [0.5, 0.6) is 5.75 Å². The number of benzene rings is 2. The monoisotopic (exact) mass is 439 g/mol. The molecule has 1 fully saturated rings. The fraction of sp³-hybridized carbons (Fsp3) is 0.440. The van der Waals surface area contributed by atoms with Gasteiger partial charge in [-0.15, -0.1) is 0 Å². The van der Waals surface area contributed by atoms with Gasteiger partial charge in [0, 0.05) is 26.2 Å². The highest BCUT2D eigenvalue weighted by molar-refractivity contribution is 5.98. The Morgan fingerprint density at radius 1 is 1.06 bits per heavy atom. The molecule has 1 amide bonds. The number of anilines is 2. The smallest absolute Gasteiger partial charge is 0.337 e. The Labute approximate surface area is 190 Å². The molecule has 1 N–H and O–H groups in total. The quantitative estimate of drug-likeness (QED) is 0.632. The number of likely N-dealkylation sites (N-methyl/N-ethyl adjacent to an activating group) is 1. The molecule has 7 nitrogen and oxygen atoms in total. The highest BCUT2D eigenvalue weighted by atomic mass is 16.5. The molecule has 1 unspecified atom stereocenters. The molecule has 0 aliphatic carbocycles. The van der Waals surface area contributed by atoms with E-state index in [9.17, 15) is 9.59 Å². The zero-order chi connectivity index (χ0) is 23.1. The summed E-state index contributed by atoms with van der Waals surface area (Å²) in [6, 6.07) is 13.1. The van der Waals surface area contributed by atoms with Crippen LogP contribution in [0.15, 0.2) is 42.5 Å². The van der Waals surface area contributed by atoms with Gasteiger partial charge in [0.2, 0.25) is 0 Å². The van der Waals surface area contributed by atoms with E-state index in [0.717, 1.165) is 38.3 Å². The number of hydrogen-bond acceptors (Lipinski definition) is 6. The Balaban J connectivity index is 1.69. The second-order valence-electron chi connectivity index (χ2n) is 8.23. The molecule has 2 aromatic carbocycles. The Bertz CT molecular complexity index is 921. The van der Waals surface area contributed by atoms with Crippen molar-refractivity contribution in [1.82, 2.24) is 4.90 Å². The van der Waals surface area contributed by atoms with Crippen LogP contribution in [-0.2, 0) is 9.53 Å². The predicted molar refractivity (Wildman–Crippen MR) is 127 cm³/mol. The van der Waals surface area contributed by atoms with Gasteiger partial charge in [-0.25, -0.2) is 4.79 Å². The highest BCUT2D eigenvalue weighted by Gasteiger charge is 2.20. The van der Waals surface area contributed by atoms with Crippen molar-refractivity contribution >= 4 is 23.3 Å². The van der Waals surface area contributed by atoms with E-state index in [2.05, 4.69) is 36.0 Å². The van der Waals surface area contributed by atoms with E-state index in [1.807, 2.05) is 30.3 Å². The molecule has 0 saturated carbocycles. The average Bonchev–Trinajstić information content (AvgIpc) is 2.82. The van der Waals surface area contributed by atoms with Gasteiger partial charge in [0.25, 0.3) is 5.91 Å². The summed E-state index contributed by atoms with van der Waals surface area (Å²) in [6.07, 6.45) is 1.07. The summed E-state index contributed by atoms with van der Waals surface area (Å²) in [5.41, 5.74) is 3.11. The minimum atomic E-state index is -0.442. The molecule has 0 radical (unpaired) electrons. The van der Waals surface area contributed by atoms with Gasteiger partial charge in [-0.2, -0.15) is 0 Å². The van der Waals surface area contributed by atoms with E-state index in [1.54, 1.807) is 12.1 Å². The third-order valence-electron chi connectivity index (χ3n) is 5.97. The van der Waals surface area contributed by atoms with E-state index >= 15 is 0 Å². The third kappa shape index (κ3) is 6.01. The number of hydrogen-bond donors (Lipinski definition) is 1. The topological polar surface area (TPSA) is 71.1 Å². The summed E-state index contributed by atoms with van der Waals surface area (Å²) in [5, 5.41) is 2.92. The Kier molecular flexibility index (Phi) is 8.11. The number of carbonyl (C=O) groups is 2. The molecule has 1 atom stereocenters. The molecule has 2 aromatic rings. The number of piperazine rings is 1. The summed E-state index contributed by atoms with van der Waals surface area (Å²) in [4.78, 5) is 29.2. The van der Waals surface area contributed by atoms with Gasteiger partial charge in [0.05, 0.1) is 24.0 Å². The first-order chi connectivity index (χ1) is 15.4. The summed E-state index contributed by atoms with van der Waals surface area (Å²) in [6.45, 7) is 7.78. The molecular weight excluding hydrogens is 406 g/mol. The lowest BCUT2D eigenvalue weighted by atomic mass is 9.99. The van der Waals surface area contributed by atoms with Crippen molar-refractivity contribution in [3.8, 4) is 5.75 Å². The van der Waals surface area contributed by atoms with Crippen LogP contribution in [0.4, 0.5) is 11.4 Å². The van der Waals surface area contributed by atoms with Gasteiger partial charge >= 0.3 is 5.97 Å². The number of nitrogens with zero attached hydrogens (tertiary/aromatic N) is 2. The van der Waals surface area contributed by atoms with Gasteiger partial charge in [0.1, 0.15) is 5.75 Å². The van der Waals surface area contributed by atoms with Gasteiger partial charge in [-0.3, -0.25) is 4.79 Å². The minimum absolute atomic E-state index is 0.118. The summed E-state index contributed by atoms with van der Waals surface area (Å²) in [5.74, 6) is 0.411. The number of rotatable bonds is 8. The van der Waals surface area contributed by atoms with Crippen molar-refractivity contribution in [3.05, 3.63) is 53.6 Å². The SMILES string of the molecule is CCC(C)c1ccc(OCC(=O)Nc2cc(C(=O)OC)ccc2N2CCN(C)CC2)cc1. The number of nitrogens with one attached hydrogen (secondary N) is 1. The Morgan fingerprint density at radius 3 is 2.38 bits per heavy atom. The zero-order valence-corrected chi connectivity index (χ0v) is 19.4.